The molecule has 18 heavy (non-hydrogen) atoms. The highest BCUT2D eigenvalue weighted by Crippen LogP contribution is 2.32. The van der Waals surface area contributed by atoms with E-state index in [9.17, 15) is 0 Å². The molecular formula is C15H13Cl3. The minimum Gasteiger partial charge on any atom is -0.117 e. The maximum atomic E-state index is 6.43. The van der Waals surface area contributed by atoms with Gasteiger partial charge in [0.15, 0.2) is 0 Å². The van der Waals surface area contributed by atoms with Gasteiger partial charge in [0.05, 0.1) is 5.38 Å². The van der Waals surface area contributed by atoms with Crippen LogP contribution in [0.3, 0.4) is 0 Å². The van der Waals surface area contributed by atoms with Crippen molar-refractivity contribution in [3.63, 3.8) is 0 Å². The Morgan fingerprint density at radius 3 is 2.39 bits per heavy atom. The van der Waals surface area contributed by atoms with Gasteiger partial charge in [-0.25, -0.2) is 0 Å². The topological polar surface area (TPSA) is 0 Å². The van der Waals surface area contributed by atoms with Gasteiger partial charge in [0.1, 0.15) is 0 Å². The Morgan fingerprint density at radius 2 is 1.72 bits per heavy atom. The van der Waals surface area contributed by atoms with Gasteiger partial charge in [-0.3, -0.25) is 0 Å². The molecule has 0 N–H and O–H groups in total. The Bertz CT molecular complexity index is 549. The lowest BCUT2D eigenvalue weighted by molar-refractivity contribution is 0.919. The number of alkyl halides is 1. The van der Waals surface area contributed by atoms with Crippen LogP contribution in [0.5, 0.6) is 0 Å². The van der Waals surface area contributed by atoms with E-state index in [1.165, 1.54) is 0 Å². The van der Waals surface area contributed by atoms with Crippen molar-refractivity contribution in [3.8, 4) is 0 Å². The van der Waals surface area contributed by atoms with Crippen molar-refractivity contribution in [1.82, 2.24) is 0 Å². The van der Waals surface area contributed by atoms with Crippen molar-refractivity contribution in [2.75, 3.05) is 0 Å². The second kappa shape index (κ2) is 5.97. The Hall–Kier alpha value is -0.690. The molecule has 3 heteroatoms. The second-order valence-corrected chi connectivity index (χ2v) is 5.63. The van der Waals surface area contributed by atoms with Crippen LogP contribution >= 0.6 is 34.8 Å². The van der Waals surface area contributed by atoms with E-state index in [-0.39, 0.29) is 5.38 Å². The highest BCUT2D eigenvalue weighted by atomic mass is 35.5. The first-order valence-electron chi connectivity index (χ1n) is 5.71. The van der Waals surface area contributed by atoms with Gasteiger partial charge < -0.3 is 0 Å². The minimum atomic E-state index is -0.169. The molecule has 0 aromatic heterocycles. The Balaban J connectivity index is 2.22. The molecule has 0 aliphatic heterocycles. The number of benzene rings is 2. The molecule has 0 fully saturated rings. The fourth-order valence-corrected chi connectivity index (χ4v) is 2.85. The summed E-state index contributed by atoms with van der Waals surface area (Å²) in [4.78, 5) is 0. The number of hydrogen-bond donors (Lipinski definition) is 0. The largest absolute Gasteiger partial charge is 0.117 e. The second-order valence-electron chi connectivity index (χ2n) is 4.29. The zero-order valence-electron chi connectivity index (χ0n) is 9.96. The summed E-state index contributed by atoms with van der Waals surface area (Å²) in [6.45, 7) is 2.01. The third-order valence-electron chi connectivity index (χ3n) is 2.85. The minimum absolute atomic E-state index is 0.169. The molecule has 0 spiro atoms. The highest BCUT2D eigenvalue weighted by Gasteiger charge is 2.14. The van der Waals surface area contributed by atoms with Gasteiger partial charge in [0.25, 0.3) is 0 Å². The summed E-state index contributed by atoms with van der Waals surface area (Å²) in [6.07, 6.45) is 0.671. The Kier molecular flexibility index (Phi) is 4.55. The molecular weight excluding hydrogens is 287 g/mol. The first-order valence-corrected chi connectivity index (χ1v) is 6.90. The predicted molar refractivity (Wildman–Crippen MR) is 79.9 cm³/mol. The smallest absolute Gasteiger partial charge is 0.0640 e. The van der Waals surface area contributed by atoms with Gasteiger partial charge in [-0.05, 0) is 42.2 Å². The molecule has 0 saturated carbocycles. The zero-order chi connectivity index (χ0) is 13.1. The fraction of sp³-hybridized carbons (Fsp3) is 0.200. The van der Waals surface area contributed by atoms with E-state index >= 15 is 0 Å². The summed E-state index contributed by atoms with van der Waals surface area (Å²) >= 11 is 18.8. The average Bonchev–Trinajstić information content (AvgIpc) is 2.32. The van der Waals surface area contributed by atoms with Crippen LogP contribution in [0.25, 0.3) is 0 Å². The van der Waals surface area contributed by atoms with Crippen LogP contribution in [-0.4, -0.2) is 0 Å². The molecule has 2 aromatic carbocycles. The highest BCUT2D eigenvalue weighted by molar-refractivity contribution is 6.33. The Morgan fingerprint density at radius 1 is 1.00 bits per heavy atom. The number of hydrogen-bond acceptors (Lipinski definition) is 0. The standard InChI is InChI=1S/C15H13Cl3/c1-10-6-7-12(14(17)8-10)15(18)9-11-4-2-3-5-13(11)16/h2-8,15H,9H2,1H3. The monoisotopic (exact) mass is 298 g/mol. The van der Waals surface area contributed by atoms with Crippen molar-refractivity contribution in [3.05, 3.63) is 69.2 Å². The third-order valence-corrected chi connectivity index (χ3v) is 3.94. The van der Waals surface area contributed by atoms with Gasteiger partial charge in [0, 0.05) is 10.0 Å². The van der Waals surface area contributed by atoms with E-state index in [2.05, 4.69) is 0 Å². The predicted octanol–water partition coefficient (Wildman–Crippen LogP) is 5.82. The van der Waals surface area contributed by atoms with E-state index in [0.29, 0.717) is 11.4 Å². The van der Waals surface area contributed by atoms with Gasteiger partial charge in [-0.1, -0.05) is 53.5 Å². The Labute approximate surface area is 122 Å². The molecule has 2 rings (SSSR count). The SMILES string of the molecule is Cc1ccc(C(Cl)Cc2ccccc2Cl)c(Cl)c1. The van der Waals surface area contributed by atoms with E-state index in [1.54, 1.807) is 0 Å². The number of aryl methyl sites for hydroxylation is 1. The van der Waals surface area contributed by atoms with Crippen LogP contribution in [0.15, 0.2) is 42.5 Å². The first-order chi connectivity index (χ1) is 8.58. The molecule has 1 unspecified atom stereocenters. The summed E-state index contributed by atoms with van der Waals surface area (Å²) in [6, 6.07) is 13.7. The molecule has 0 heterocycles. The van der Waals surface area contributed by atoms with Crippen molar-refractivity contribution in [2.45, 2.75) is 18.7 Å². The summed E-state index contributed by atoms with van der Waals surface area (Å²) in [7, 11) is 0. The third kappa shape index (κ3) is 3.20. The van der Waals surface area contributed by atoms with Gasteiger partial charge >= 0.3 is 0 Å². The molecule has 2 aromatic rings. The van der Waals surface area contributed by atoms with Crippen molar-refractivity contribution >= 4 is 34.8 Å². The van der Waals surface area contributed by atoms with Crippen molar-refractivity contribution in [2.24, 2.45) is 0 Å². The molecule has 0 aliphatic carbocycles. The maximum absolute atomic E-state index is 6.43. The molecule has 1 atom stereocenters. The van der Waals surface area contributed by atoms with Crippen LogP contribution in [-0.2, 0) is 6.42 Å². The normalized spacial score (nSPS) is 12.4. The van der Waals surface area contributed by atoms with Gasteiger partial charge in [-0.2, -0.15) is 0 Å². The van der Waals surface area contributed by atoms with E-state index in [1.807, 2.05) is 49.4 Å². The molecule has 0 saturated heterocycles. The lowest BCUT2D eigenvalue weighted by atomic mass is 10.0. The summed E-state index contributed by atoms with van der Waals surface area (Å²) < 4.78 is 0. The molecule has 0 aliphatic rings. The van der Waals surface area contributed by atoms with E-state index in [4.69, 9.17) is 34.8 Å². The molecule has 0 amide bonds. The zero-order valence-corrected chi connectivity index (χ0v) is 12.2. The van der Waals surface area contributed by atoms with E-state index < -0.39 is 0 Å². The van der Waals surface area contributed by atoms with Crippen LogP contribution in [0.4, 0.5) is 0 Å². The van der Waals surface area contributed by atoms with Crippen LogP contribution in [0.2, 0.25) is 10.0 Å². The quantitative estimate of drug-likeness (QED) is 0.626. The van der Waals surface area contributed by atoms with Crippen LogP contribution in [0, 0.1) is 6.92 Å². The molecule has 0 nitrogen and oxygen atoms in total. The summed E-state index contributed by atoms with van der Waals surface area (Å²) in [5.41, 5.74) is 3.12. The summed E-state index contributed by atoms with van der Waals surface area (Å²) in [5.74, 6) is 0. The summed E-state index contributed by atoms with van der Waals surface area (Å²) in [5, 5.41) is 1.28. The van der Waals surface area contributed by atoms with Crippen LogP contribution in [0.1, 0.15) is 22.1 Å². The van der Waals surface area contributed by atoms with Crippen LogP contribution < -0.4 is 0 Å². The van der Waals surface area contributed by atoms with Crippen molar-refractivity contribution in [1.29, 1.82) is 0 Å². The lowest BCUT2D eigenvalue weighted by Crippen LogP contribution is -1.98. The average molecular weight is 300 g/mol. The van der Waals surface area contributed by atoms with E-state index in [0.717, 1.165) is 21.7 Å². The van der Waals surface area contributed by atoms with Gasteiger partial charge in [0.2, 0.25) is 0 Å². The number of halogens is 3. The molecule has 94 valence electrons. The first kappa shape index (κ1) is 13.7. The van der Waals surface area contributed by atoms with Crippen molar-refractivity contribution < 1.29 is 0 Å². The van der Waals surface area contributed by atoms with Gasteiger partial charge in [-0.15, -0.1) is 11.6 Å². The lowest BCUT2D eigenvalue weighted by Gasteiger charge is -2.13. The molecule has 0 radical (unpaired) electrons. The number of rotatable bonds is 3. The maximum Gasteiger partial charge on any atom is 0.0640 e. The molecule has 0 bridgehead atoms. The fourth-order valence-electron chi connectivity index (χ4n) is 1.85.